The Kier molecular flexibility index (Phi) is 3.62. The molecule has 0 saturated carbocycles. The number of aliphatic carboxylic acids is 1. The molecule has 20 heavy (non-hydrogen) atoms. The van der Waals surface area contributed by atoms with Crippen LogP contribution < -0.4 is 5.32 Å². The molecule has 1 saturated heterocycles. The fourth-order valence-corrected chi connectivity index (χ4v) is 2.34. The highest BCUT2D eigenvalue weighted by molar-refractivity contribution is 5.83. The summed E-state index contributed by atoms with van der Waals surface area (Å²) in [5.41, 5.74) is -1.21. The Balaban J connectivity index is 2.41. The number of ether oxygens (including phenoxy) is 1. The van der Waals surface area contributed by atoms with Crippen molar-refractivity contribution in [2.75, 3.05) is 18.5 Å². The lowest BCUT2D eigenvalue weighted by Crippen LogP contribution is -2.51. The van der Waals surface area contributed by atoms with E-state index in [4.69, 9.17) is 4.74 Å². The van der Waals surface area contributed by atoms with Gasteiger partial charge in [0.1, 0.15) is 11.2 Å². The monoisotopic (exact) mass is 284 g/mol. The topological polar surface area (TPSA) is 120 Å². The average molecular weight is 284 g/mol. The molecule has 110 valence electrons. The van der Waals surface area contributed by atoms with E-state index in [-0.39, 0.29) is 30.0 Å². The SMILES string of the molecule is Cc1nn(C)c(NC2(C(=O)O)CCOCC2)c1[N+](=O)[O-]. The van der Waals surface area contributed by atoms with Gasteiger partial charge in [-0.25, -0.2) is 9.48 Å². The van der Waals surface area contributed by atoms with E-state index < -0.39 is 16.4 Å². The molecule has 1 fully saturated rings. The van der Waals surface area contributed by atoms with Gasteiger partial charge in [0.2, 0.25) is 5.82 Å². The minimum Gasteiger partial charge on any atom is -0.480 e. The summed E-state index contributed by atoms with van der Waals surface area (Å²) in [7, 11) is 1.54. The number of anilines is 1. The third-order valence-electron chi connectivity index (χ3n) is 3.49. The summed E-state index contributed by atoms with van der Waals surface area (Å²) >= 11 is 0. The first kappa shape index (κ1) is 14.3. The van der Waals surface area contributed by atoms with E-state index in [0.29, 0.717) is 13.2 Å². The van der Waals surface area contributed by atoms with Gasteiger partial charge in [0, 0.05) is 33.1 Å². The third kappa shape index (κ3) is 2.31. The molecule has 0 amide bonds. The number of nitrogens with one attached hydrogen (secondary N) is 1. The molecule has 0 atom stereocenters. The van der Waals surface area contributed by atoms with Gasteiger partial charge in [-0.15, -0.1) is 0 Å². The van der Waals surface area contributed by atoms with Crippen LogP contribution in [0.4, 0.5) is 11.5 Å². The van der Waals surface area contributed by atoms with Crippen LogP contribution in [0, 0.1) is 17.0 Å². The summed E-state index contributed by atoms with van der Waals surface area (Å²) in [4.78, 5) is 22.1. The zero-order chi connectivity index (χ0) is 14.9. The molecule has 1 aromatic heterocycles. The van der Waals surface area contributed by atoms with Crippen LogP contribution in [0.15, 0.2) is 0 Å². The number of nitrogens with zero attached hydrogens (tertiary/aromatic N) is 3. The zero-order valence-electron chi connectivity index (χ0n) is 11.3. The molecule has 2 heterocycles. The molecule has 0 spiro atoms. The van der Waals surface area contributed by atoms with Crippen LogP contribution in [0.5, 0.6) is 0 Å². The number of nitro groups is 1. The number of aromatic nitrogens is 2. The molecular formula is C11H16N4O5. The Bertz CT molecular complexity index is 547. The number of hydrogen-bond acceptors (Lipinski definition) is 6. The molecule has 0 bridgehead atoms. The quantitative estimate of drug-likeness (QED) is 0.616. The fourth-order valence-electron chi connectivity index (χ4n) is 2.34. The summed E-state index contributed by atoms with van der Waals surface area (Å²) in [6.07, 6.45) is 0.480. The van der Waals surface area contributed by atoms with Gasteiger partial charge in [-0.1, -0.05) is 0 Å². The molecule has 0 aliphatic carbocycles. The van der Waals surface area contributed by atoms with Gasteiger partial charge in [-0.2, -0.15) is 5.10 Å². The molecular weight excluding hydrogens is 268 g/mol. The first-order valence-corrected chi connectivity index (χ1v) is 6.15. The molecule has 9 heteroatoms. The molecule has 0 unspecified atom stereocenters. The van der Waals surface area contributed by atoms with Crippen molar-refractivity contribution < 1.29 is 19.6 Å². The van der Waals surface area contributed by atoms with Crippen LogP contribution >= 0.6 is 0 Å². The van der Waals surface area contributed by atoms with Crippen molar-refractivity contribution in [2.45, 2.75) is 25.3 Å². The average Bonchev–Trinajstić information content (AvgIpc) is 2.65. The molecule has 1 aromatic rings. The minimum absolute atomic E-state index is 0.108. The van der Waals surface area contributed by atoms with Gasteiger partial charge in [0.15, 0.2) is 0 Å². The second-order valence-corrected chi connectivity index (χ2v) is 4.79. The molecule has 2 rings (SSSR count). The molecule has 9 nitrogen and oxygen atoms in total. The maximum Gasteiger partial charge on any atom is 0.333 e. The van der Waals surface area contributed by atoms with Crippen molar-refractivity contribution in [1.29, 1.82) is 0 Å². The smallest absolute Gasteiger partial charge is 0.333 e. The summed E-state index contributed by atoms with van der Waals surface area (Å²) in [6, 6.07) is 0. The van der Waals surface area contributed by atoms with Gasteiger partial charge in [-0.05, 0) is 6.92 Å². The van der Waals surface area contributed by atoms with Crippen molar-refractivity contribution in [1.82, 2.24) is 9.78 Å². The Labute approximate surface area is 114 Å². The van der Waals surface area contributed by atoms with Gasteiger partial charge in [0.25, 0.3) is 0 Å². The molecule has 2 N–H and O–H groups in total. The van der Waals surface area contributed by atoms with Crippen LogP contribution in [0.2, 0.25) is 0 Å². The Morgan fingerprint density at radius 3 is 2.65 bits per heavy atom. The Morgan fingerprint density at radius 2 is 2.15 bits per heavy atom. The van der Waals surface area contributed by atoms with E-state index >= 15 is 0 Å². The molecule has 1 aliphatic rings. The largest absolute Gasteiger partial charge is 0.480 e. The summed E-state index contributed by atoms with van der Waals surface area (Å²) in [6.45, 7) is 2.11. The third-order valence-corrected chi connectivity index (χ3v) is 3.49. The van der Waals surface area contributed by atoms with Crippen LogP contribution in [-0.2, 0) is 16.6 Å². The zero-order valence-corrected chi connectivity index (χ0v) is 11.3. The van der Waals surface area contributed by atoms with Crippen LogP contribution in [-0.4, -0.2) is 44.5 Å². The van der Waals surface area contributed by atoms with E-state index in [1.54, 1.807) is 0 Å². The first-order valence-electron chi connectivity index (χ1n) is 6.15. The minimum atomic E-state index is -1.26. The molecule has 1 aliphatic heterocycles. The van der Waals surface area contributed by atoms with E-state index in [1.807, 2.05) is 0 Å². The highest BCUT2D eigenvalue weighted by Crippen LogP contribution is 2.33. The van der Waals surface area contributed by atoms with E-state index in [9.17, 15) is 20.0 Å². The van der Waals surface area contributed by atoms with Crippen LogP contribution in [0.1, 0.15) is 18.5 Å². The van der Waals surface area contributed by atoms with Crippen molar-refractivity contribution in [3.05, 3.63) is 15.8 Å². The maximum absolute atomic E-state index is 11.6. The number of hydrogen-bond donors (Lipinski definition) is 2. The van der Waals surface area contributed by atoms with Crippen LogP contribution in [0.25, 0.3) is 0 Å². The standard InChI is InChI=1S/C11H16N4O5/c1-7-8(15(18)19)9(14(2)13-7)12-11(10(16)17)3-5-20-6-4-11/h12H,3-6H2,1-2H3,(H,16,17). The van der Waals surface area contributed by atoms with Crippen LogP contribution in [0.3, 0.4) is 0 Å². The van der Waals surface area contributed by atoms with Gasteiger partial charge in [-0.3, -0.25) is 10.1 Å². The van der Waals surface area contributed by atoms with Crippen molar-refractivity contribution in [2.24, 2.45) is 7.05 Å². The van der Waals surface area contributed by atoms with Crippen molar-refractivity contribution in [3.8, 4) is 0 Å². The number of carboxylic acids is 1. The highest BCUT2D eigenvalue weighted by atomic mass is 16.6. The van der Waals surface area contributed by atoms with Gasteiger partial charge < -0.3 is 15.2 Å². The number of carboxylic acid groups (broad SMARTS) is 1. The molecule has 0 aromatic carbocycles. The first-order chi connectivity index (χ1) is 9.37. The lowest BCUT2D eigenvalue weighted by atomic mass is 9.90. The fraction of sp³-hybridized carbons (Fsp3) is 0.636. The predicted octanol–water partition coefficient (Wildman–Crippen LogP) is 0.682. The van der Waals surface area contributed by atoms with Crippen molar-refractivity contribution >= 4 is 17.5 Å². The Hall–Kier alpha value is -2.16. The number of rotatable bonds is 4. The summed E-state index contributed by atoms with van der Waals surface area (Å²) < 4.78 is 6.47. The summed E-state index contributed by atoms with van der Waals surface area (Å²) in [5.74, 6) is -0.939. The second kappa shape index (κ2) is 5.08. The van der Waals surface area contributed by atoms with Crippen molar-refractivity contribution in [3.63, 3.8) is 0 Å². The number of aryl methyl sites for hydroxylation is 2. The van der Waals surface area contributed by atoms with E-state index in [0.717, 1.165) is 0 Å². The normalized spacial score (nSPS) is 17.7. The second-order valence-electron chi connectivity index (χ2n) is 4.79. The summed E-state index contributed by atoms with van der Waals surface area (Å²) in [5, 5.41) is 27.4. The lowest BCUT2D eigenvalue weighted by molar-refractivity contribution is -0.384. The van der Waals surface area contributed by atoms with Gasteiger partial charge in [0.05, 0.1) is 4.92 Å². The van der Waals surface area contributed by atoms with Gasteiger partial charge >= 0.3 is 11.7 Å². The maximum atomic E-state index is 11.6. The van der Waals surface area contributed by atoms with E-state index in [1.165, 1.54) is 18.7 Å². The highest BCUT2D eigenvalue weighted by Gasteiger charge is 2.43. The van der Waals surface area contributed by atoms with E-state index in [2.05, 4.69) is 10.4 Å². The predicted molar refractivity (Wildman–Crippen MR) is 68.6 cm³/mol. The lowest BCUT2D eigenvalue weighted by Gasteiger charge is -2.34. The Morgan fingerprint density at radius 1 is 1.55 bits per heavy atom. The number of carbonyl (C=O) groups is 1. The molecule has 0 radical (unpaired) electrons.